The van der Waals surface area contributed by atoms with Crippen molar-refractivity contribution in [2.45, 2.75) is 22.6 Å². The second-order valence-corrected chi connectivity index (χ2v) is 8.84. The molecule has 0 saturated heterocycles. The van der Waals surface area contributed by atoms with Gasteiger partial charge in [-0.05, 0) is 36.6 Å². The van der Waals surface area contributed by atoms with E-state index in [1.165, 1.54) is 12.2 Å². The fourth-order valence-electron chi connectivity index (χ4n) is 2.91. The summed E-state index contributed by atoms with van der Waals surface area (Å²) in [6.45, 7) is 0. The van der Waals surface area contributed by atoms with E-state index in [0.717, 1.165) is 0 Å². The molecule has 1 saturated carbocycles. The van der Waals surface area contributed by atoms with Gasteiger partial charge in [0.1, 0.15) is 0 Å². The number of benzene rings is 1. The smallest absolute Gasteiger partial charge is 0.234 e. The lowest BCUT2D eigenvalue weighted by atomic mass is 9.92. The molecule has 3 N–H and O–H groups in total. The lowest BCUT2D eigenvalue weighted by molar-refractivity contribution is -0.124. The second kappa shape index (κ2) is 6.92. The van der Waals surface area contributed by atoms with Crippen molar-refractivity contribution in [1.29, 1.82) is 0 Å². The summed E-state index contributed by atoms with van der Waals surface area (Å²) in [5.74, 6) is -1.97. The number of halogens is 5. The minimum absolute atomic E-state index is 0.189. The first-order valence-electron chi connectivity index (χ1n) is 7.62. The van der Waals surface area contributed by atoms with E-state index in [9.17, 15) is 9.59 Å². The highest BCUT2D eigenvalue weighted by molar-refractivity contribution is 6.52. The van der Waals surface area contributed by atoms with Crippen molar-refractivity contribution in [3.8, 4) is 0 Å². The molecule has 0 spiro atoms. The van der Waals surface area contributed by atoms with Crippen molar-refractivity contribution >= 4 is 69.8 Å². The molecule has 1 atom stereocenters. The van der Waals surface area contributed by atoms with Crippen LogP contribution in [0.25, 0.3) is 0 Å². The lowest BCUT2D eigenvalue weighted by Gasteiger charge is -2.31. The Balaban J connectivity index is 1.88. The molecule has 0 radical (unpaired) electrons. The number of primary amides is 1. The van der Waals surface area contributed by atoms with Crippen LogP contribution in [0.1, 0.15) is 18.4 Å². The van der Waals surface area contributed by atoms with Crippen molar-refractivity contribution in [3.63, 3.8) is 0 Å². The van der Waals surface area contributed by atoms with Crippen LogP contribution in [0.2, 0.25) is 15.1 Å². The average Bonchev–Trinajstić information content (AvgIpc) is 3.35. The van der Waals surface area contributed by atoms with E-state index in [1.807, 2.05) is 0 Å². The Labute approximate surface area is 175 Å². The molecule has 4 nitrogen and oxygen atoms in total. The van der Waals surface area contributed by atoms with Gasteiger partial charge in [0, 0.05) is 0 Å². The van der Waals surface area contributed by atoms with E-state index in [0.29, 0.717) is 18.4 Å². The quantitative estimate of drug-likeness (QED) is 0.519. The number of rotatable bonds is 4. The predicted molar refractivity (Wildman–Crippen MR) is 105 cm³/mol. The van der Waals surface area contributed by atoms with Gasteiger partial charge in [-0.3, -0.25) is 9.59 Å². The minimum atomic E-state index is -1.67. The monoisotopic (exact) mass is 452 g/mol. The molecular formula is C17H13Cl5N2O2. The van der Waals surface area contributed by atoms with Crippen LogP contribution in [-0.2, 0) is 15.0 Å². The van der Waals surface area contributed by atoms with Crippen LogP contribution in [0, 0.1) is 5.92 Å². The van der Waals surface area contributed by atoms with Crippen molar-refractivity contribution in [1.82, 2.24) is 5.32 Å². The number of alkyl halides is 2. The number of carbonyl (C=O) groups is 2. The van der Waals surface area contributed by atoms with Crippen LogP contribution in [0.5, 0.6) is 0 Å². The van der Waals surface area contributed by atoms with Crippen LogP contribution in [-0.4, -0.2) is 16.1 Å². The number of amides is 2. The number of nitrogens with two attached hydrogens (primary N) is 1. The third-order valence-electron chi connectivity index (χ3n) is 4.59. The highest BCUT2D eigenvalue weighted by atomic mass is 35.5. The summed E-state index contributed by atoms with van der Waals surface area (Å²) < 4.78 is -1.67. The summed E-state index contributed by atoms with van der Waals surface area (Å²) in [5, 5.41) is 3.50. The van der Waals surface area contributed by atoms with Gasteiger partial charge in [-0.2, -0.15) is 0 Å². The number of carbonyl (C=O) groups excluding carboxylic acids is 2. The van der Waals surface area contributed by atoms with Crippen LogP contribution in [0.3, 0.4) is 0 Å². The molecule has 9 heteroatoms. The van der Waals surface area contributed by atoms with Crippen molar-refractivity contribution in [2.24, 2.45) is 11.7 Å². The summed E-state index contributed by atoms with van der Waals surface area (Å²) in [6, 6.07) is 3.25. The Hall–Kier alpha value is -0.910. The maximum Gasteiger partial charge on any atom is 0.234 e. The summed E-state index contributed by atoms with van der Waals surface area (Å²) in [4.78, 5) is 24.5. The maximum absolute atomic E-state index is 12.9. The number of nitrogens with one attached hydrogen (secondary N) is 1. The zero-order chi connectivity index (χ0) is 19.3. The standard InChI is InChI=1S/C17H13Cl5N2O2/c18-10-6-8(7-11(19)13(10)20)16(4-5-16)15(26)24-12-3-1-2-9(14(23)25)17(12,21)22/h1-3,6-7,9H,4-5H2,(H2,23,25)(H,24,26)/t9-/m1/s1. The van der Waals surface area contributed by atoms with E-state index >= 15 is 0 Å². The Kier molecular flexibility index (Phi) is 5.28. The zero-order valence-corrected chi connectivity index (χ0v) is 16.9. The molecule has 0 unspecified atom stereocenters. The van der Waals surface area contributed by atoms with Gasteiger partial charge in [0.15, 0.2) is 4.33 Å². The lowest BCUT2D eigenvalue weighted by Crippen LogP contribution is -2.46. The largest absolute Gasteiger partial charge is 0.369 e. The maximum atomic E-state index is 12.9. The molecule has 3 rings (SSSR count). The number of hydrogen-bond acceptors (Lipinski definition) is 2. The summed E-state index contributed by atoms with van der Waals surface area (Å²) >= 11 is 30.8. The van der Waals surface area contributed by atoms with Gasteiger partial charge in [-0.1, -0.05) is 70.2 Å². The third-order valence-corrected chi connectivity index (χ3v) is 6.67. The van der Waals surface area contributed by atoms with Gasteiger partial charge in [-0.15, -0.1) is 0 Å². The summed E-state index contributed by atoms with van der Waals surface area (Å²) in [7, 11) is 0. The Morgan fingerprint density at radius 2 is 1.69 bits per heavy atom. The van der Waals surface area contributed by atoms with Crippen LogP contribution in [0.4, 0.5) is 0 Å². The van der Waals surface area contributed by atoms with Gasteiger partial charge >= 0.3 is 0 Å². The molecule has 0 aliphatic heterocycles. The Morgan fingerprint density at radius 3 is 2.19 bits per heavy atom. The van der Waals surface area contributed by atoms with Crippen molar-refractivity contribution in [3.05, 3.63) is 56.7 Å². The summed E-state index contributed by atoms with van der Waals surface area (Å²) in [5.41, 5.74) is 5.38. The molecular weight excluding hydrogens is 441 g/mol. The van der Waals surface area contributed by atoms with Crippen LogP contribution >= 0.6 is 58.0 Å². The molecule has 2 amide bonds. The molecule has 0 aromatic heterocycles. The van der Waals surface area contributed by atoms with E-state index in [4.69, 9.17) is 63.7 Å². The molecule has 138 valence electrons. The average molecular weight is 455 g/mol. The minimum Gasteiger partial charge on any atom is -0.369 e. The van der Waals surface area contributed by atoms with E-state index < -0.39 is 21.6 Å². The van der Waals surface area contributed by atoms with Gasteiger partial charge in [0.25, 0.3) is 0 Å². The van der Waals surface area contributed by atoms with Crippen molar-refractivity contribution < 1.29 is 9.59 Å². The first-order chi connectivity index (χ1) is 12.1. The van der Waals surface area contributed by atoms with Gasteiger partial charge in [0.2, 0.25) is 11.8 Å². The van der Waals surface area contributed by atoms with Gasteiger partial charge < -0.3 is 11.1 Å². The molecule has 1 aromatic carbocycles. The molecule has 1 aromatic rings. The molecule has 2 aliphatic rings. The number of allylic oxidation sites excluding steroid dienone is 3. The molecule has 1 fully saturated rings. The first kappa shape index (κ1) is 19.8. The predicted octanol–water partition coefficient (Wildman–Crippen LogP) is 4.52. The fourth-order valence-corrected chi connectivity index (χ4v) is 4.08. The van der Waals surface area contributed by atoms with E-state index in [2.05, 4.69) is 5.32 Å². The fraction of sp³-hybridized carbons (Fsp3) is 0.294. The van der Waals surface area contributed by atoms with Gasteiger partial charge in [0.05, 0.1) is 32.1 Å². The SMILES string of the molecule is NC(=O)[C@H]1C=CC=C(NC(=O)C2(c3cc(Cl)c(Cl)c(Cl)c3)CC2)C1(Cl)Cl. The van der Waals surface area contributed by atoms with Crippen molar-refractivity contribution in [2.75, 3.05) is 0 Å². The van der Waals surface area contributed by atoms with Crippen LogP contribution in [0.15, 0.2) is 36.1 Å². The first-order valence-corrected chi connectivity index (χ1v) is 9.51. The molecule has 26 heavy (non-hydrogen) atoms. The summed E-state index contributed by atoms with van der Waals surface area (Å²) in [6.07, 6.45) is 5.81. The highest BCUT2D eigenvalue weighted by Gasteiger charge is 2.53. The normalized spacial score (nSPS) is 22.5. The third kappa shape index (κ3) is 3.34. The Bertz CT molecular complexity index is 836. The zero-order valence-electron chi connectivity index (χ0n) is 13.2. The highest BCUT2D eigenvalue weighted by Crippen LogP contribution is 2.51. The molecule has 2 aliphatic carbocycles. The van der Waals surface area contributed by atoms with Crippen LogP contribution < -0.4 is 11.1 Å². The molecule has 0 heterocycles. The molecule has 0 bridgehead atoms. The number of hydrogen-bond donors (Lipinski definition) is 2. The van der Waals surface area contributed by atoms with E-state index in [-0.39, 0.29) is 26.7 Å². The second-order valence-electron chi connectivity index (χ2n) is 6.26. The Morgan fingerprint density at radius 1 is 1.12 bits per heavy atom. The van der Waals surface area contributed by atoms with Gasteiger partial charge in [-0.25, -0.2) is 0 Å². The topological polar surface area (TPSA) is 72.2 Å². The van der Waals surface area contributed by atoms with E-state index in [1.54, 1.807) is 18.2 Å².